The molecule has 1 aliphatic heterocycles. The fourth-order valence-electron chi connectivity index (χ4n) is 3.88. The third-order valence-electron chi connectivity index (χ3n) is 5.65. The zero-order valence-corrected chi connectivity index (χ0v) is 20.4. The predicted octanol–water partition coefficient (Wildman–Crippen LogP) is 2.84. The molecule has 11 nitrogen and oxygen atoms in total. The molecule has 0 bridgehead atoms. The number of anilines is 1. The summed E-state index contributed by atoms with van der Waals surface area (Å²) in [5.41, 5.74) is 0.440. The van der Waals surface area contributed by atoms with Crippen molar-refractivity contribution in [3.63, 3.8) is 0 Å². The van der Waals surface area contributed by atoms with E-state index in [4.69, 9.17) is 14.6 Å². The summed E-state index contributed by atoms with van der Waals surface area (Å²) in [6.07, 6.45) is -0.115. The zero-order valence-electron chi connectivity index (χ0n) is 19.6. The molecule has 13 heteroatoms. The van der Waals surface area contributed by atoms with Gasteiger partial charge in [-0.3, -0.25) is 9.59 Å². The van der Waals surface area contributed by atoms with Crippen molar-refractivity contribution in [2.45, 2.75) is 18.5 Å². The second-order valence-corrected chi connectivity index (χ2v) is 8.71. The van der Waals surface area contributed by atoms with E-state index in [9.17, 15) is 23.6 Å². The summed E-state index contributed by atoms with van der Waals surface area (Å²) < 4.78 is 24.5. The molecule has 2 atom stereocenters. The van der Waals surface area contributed by atoms with E-state index in [-0.39, 0.29) is 28.6 Å². The number of thiazole rings is 1. The SMILES string of the molecule is COc1ccc(C2NC(=O)N(C(Cc3ccccc3OC)C(=O)Nc3nc(C(=O)O)cs3)C2=O)cc1F. The van der Waals surface area contributed by atoms with Gasteiger partial charge >= 0.3 is 12.0 Å². The number of hydrogen-bond donors (Lipinski definition) is 3. The molecule has 37 heavy (non-hydrogen) atoms. The van der Waals surface area contributed by atoms with E-state index in [1.165, 1.54) is 31.7 Å². The van der Waals surface area contributed by atoms with Gasteiger partial charge in [-0.25, -0.2) is 23.9 Å². The van der Waals surface area contributed by atoms with Crippen LogP contribution in [0.2, 0.25) is 0 Å². The van der Waals surface area contributed by atoms with E-state index in [1.807, 2.05) is 0 Å². The molecular formula is C24H21FN4O7S. The van der Waals surface area contributed by atoms with Crippen LogP contribution < -0.4 is 20.1 Å². The monoisotopic (exact) mass is 528 g/mol. The molecule has 3 aromatic rings. The number of hydrogen-bond acceptors (Lipinski definition) is 8. The number of methoxy groups -OCH3 is 2. The fourth-order valence-corrected chi connectivity index (χ4v) is 4.56. The number of benzene rings is 2. The highest BCUT2D eigenvalue weighted by Gasteiger charge is 2.45. The van der Waals surface area contributed by atoms with Gasteiger partial charge < -0.3 is 25.2 Å². The standard InChI is InChI=1S/C24H21FN4O7S/c1-35-17-6-4-3-5-12(17)10-16(20(30)28-23-26-15(11-37-23)22(32)33)29-21(31)19(27-24(29)34)13-7-8-18(36-2)14(25)9-13/h3-9,11,16,19H,10H2,1-2H3,(H,27,34)(H,32,33)(H,26,28,30). The van der Waals surface area contributed by atoms with Crippen molar-refractivity contribution in [1.82, 2.24) is 15.2 Å². The maximum atomic E-state index is 14.3. The Morgan fingerprint density at radius 3 is 2.57 bits per heavy atom. The Hall–Kier alpha value is -4.52. The van der Waals surface area contributed by atoms with Crippen LogP contribution in [0.5, 0.6) is 11.5 Å². The van der Waals surface area contributed by atoms with Crippen molar-refractivity contribution < 1.29 is 38.1 Å². The molecule has 4 rings (SSSR count). The first kappa shape index (κ1) is 25.6. The fraction of sp³-hybridized carbons (Fsp3) is 0.208. The van der Waals surface area contributed by atoms with Gasteiger partial charge in [0.15, 0.2) is 22.4 Å². The molecule has 1 aliphatic rings. The number of halogens is 1. The van der Waals surface area contributed by atoms with Crippen molar-refractivity contribution in [1.29, 1.82) is 0 Å². The first-order valence-corrected chi connectivity index (χ1v) is 11.7. The number of nitrogens with one attached hydrogen (secondary N) is 2. The molecule has 192 valence electrons. The number of aromatic nitrogens is 1. The average Bonchev–Trinajstić information content (AvgIpc) is 3.46. The number of imide groups is 1. The minimum Gasteiger partial charge on any atom is -0.496 e. The van der Waals surface area contributed by atoms with Crippen LogP contribution in [-0.4, -0.2) is 59.1 Å². The molecule has 4 amide bonds. The summed E-state index contributed by atoms with van der Waals surface area (Å²) in [5.74, 6) is -3.14. The summed E-state index contributed by atoms with van der Waals surface area (Å²) >= 11 is 0.878. The molecule has 1 saturated heterocycles. The minimum absolute atomic E-state index is 0.0201. The molecule has 0 aliphatic carbocycles. The van der Waals surface area contributed by atoms with Crippen LogP contribution in [0.15, 0.2) is 47.8 Å². The van der Waals surface area contributed by atoms with Crippen LogP contribution in [0.1, 0.15) is 27.7 Å². The van der Waals surface area contributed by atoms with Gasteiger partial charge in [-0.15, -0.1) is 11.3 Å². The second-order valence-electron chi connectivity index (χ2n) is 7.85. The van der Waals surface area contributed by atoms with Crippen LogP contribution in [0, 0.1) is 5.82 Å². The third-order valence-corrected chi connectivity index (χ3v) is 6.41. The number of para-hydroxylation sites is 1. The van der Waals surface area contributed by atoms with Crippen molar-refractivity contribution in [3.05, 3.63) is 70.5 Å². The normalized spacial score (nSPS) is 15.8. The van der Waals surface area contributed by atoms with E-state index in [0.29, 0.717) is 11.3 Å². The highest BCUT2D eigenvalue weighted by molar-refractivity contribution is 7.14. The number of rotatable bonds is 9. The molecule has 2 aromatic carbocycles. The summed E-state index contributed by atoms with van der Waals surface area (Å²) in [7, 11) is 2.74. The summed E-state index contributed by atoms with van der Waals surface area (Å²) in [4.78, 5) is 55.5. The quantitative estimate of drug-likeness (QED) is 0.359. The summed E-state index contributed by atoms with van der Waals surface area (Å²) in [5, 5.41) is 15.3. The van der Waals surface area contributed by atoms with Gasteiger partial charge in [0.05, 0.1) is 14.2 Å². The Morgan fingerprint density at radius 2 is 1.92 bits per heavy atom. The number of urea groups is 1. The largest absolute Gasteiger partial charge is 0.496 e. The highest BCUT2D eigenvalue weighted by Crippen LogP contribution is 2.30. The lowest BCUT2D eigenvalue weighted by Crippen LogP contribution is -2.49. The maximum Gasteiger partial charge on any atom is 0.355 e. The predicted molar refractivity (Wildman–Crippen MR) is 129 cm³/mol. The van der Waals surface area contributed by atoms with Gasteiger partial charge in [-0.1, -0.05) is 24.3 Å². The van der Waals surface area contributed by atoms with E-state index in [0.717, 1.165) is 22.3 Å². The highest BCUT2D eigenvalue weighted by atomic mass is 32.1. The third kappa shape index (κ3) is 5.21. The number of carbonyl (C=O) groups excluding carboxylic acids is 3. The second kappa shape index (κ2) is 10.6. The van der Waals surface area contributed by atoms with Crippen molar-refractivity contribution in [2.75, 3.05) is 19.5 Å². The van der Waals surface area contributed by atoms with Gasteiger partial charge in [0.1, 0.15) is 17.8 Å². The Morgan fingerprint density at radius 1 is 1.19 bits per heavy atom. The molecule has 2 heterocycles. The number of carboxylic acid groups (broad SMARTS) is 1. The number of ether oxygens (including phenoxy) is 2. The first-order chi connectivity index (χ1) is 17.7. The molecule has 0 saturated carbocycles. The van der Waals surface area contributed by atoms with E-state index in [2.05, 4.69) is 15.6 Å². The van der Waals surface area contributed by atoms with Gasteiger partial charge in [-0.05, 0) is 29.3 Å². The lowest BCUT2D eigenvalue weighted by molar-refractivity contribution is -0.134. The van der Waals surface area contributed by atoms with Gasteiger partial charge in [0, 0.05) is 11.8 Å². The number of carboxylic acids is 1. The van der Waals surface area contributed by atoms with Crippen molar-refractivity contribution >= 4 is 40.3 Å². The van der Waals surface area contributed by atoms with Crippen LogP contribution in [0.3, 0.4) is 0 Å². The summed E-state index contributed by atoms with van der Waals surface area (Å²) in [6, 6.07) is 7.16. The van der Waals surface area contributed by atoms with E-state index >= 15 is 0 Å². The lowest BCUT2D eigenvalue weighted by atomic mass is 10.0. The molecule has 2 unspecified atom stereocenters. The number of aromatic carboxylic acids is 1. The van der Waals surface area contributed by atoms with Crippen molar-refractivity contribution in [2.24, 2.45) is 0 Å². The minimum atomic E-state index is -1.37. The lowest BCUT2D eigenvalue weighted by Gasteiger charge is -2.25. The molecule has 1 fully saturated rings. The smallest absolute Gasteiger partial charge is 0.355 e. The van der Waals surface area contributed by atoms with Gasteiger partial charge in [-0.2, -0.15) is 0 Å². The molecule has 0 radical (unpaired) electrons. The molecular weight excluding hydrogens is 507 g/mol. The summed E-state index contributed by atoms with van der Waals surface area (Å²) in [6.45, 7) is 0. The maximum absolute atomic E-state index is 14.3. The van der Waals surface area contributed by atoms with Crippen LogP contribution >= 0.6 is 11.3 Å². The van der Waals surface area contributed by atoms with Gasteiger partial charge in [0.25, 0.3) is 5.91 Å². The first-order valence-electron chi connectivity index (χ1n) is 10.8. The number of amides is 4. The Labute approximate surface area is 213 Å². The topological polar surface area (TPSA) is 147 Å². The van der Waals surface area contributed by atoms with Crippen molar-refractivity contribution in [3.8, 4) is 11.5 Å². The number of nitrogens with zero attached hydrogens (tertiary/aromatic N) is 2. The molecule has 3 N–H and O–H groups in total. The Balaban J connectivity index is 1.67. The average molecular weight is 529 g/mol. The van der Waals surface area contributed by atoms with Gasteiger partial charge in [0.2, 0.25) is 5.91 Å². The van der Waals surface area contributed by atoms with Crippen LogP contribution in [-0.2, 0) is 16.0 Å². The van der Waals surface area contributed by atoms with E-state index in [1.54, 1.807) is 24.3 Å². The Bertz CT molecular complexity index is 1380. The van der Waals surface area contributed by atoms with E-state index < -0.39 is 41.7 Å². The molecule has 0 spiro atoms. The zero-order chi connectivity index (χ0) is 26.7. The van der Waals surface area contributed by atoms with Crippen LogP contribution in [0.4, 0.5) is 14.3 Å². The van der Waals surface area contributed by atoms with Crippen LogP contribution in [0.25, 0.3) is 0 Å². The Kier molecular flexibility index (Phi) is 7.34. The molecule has 1 aromatic heterocycles. The number of carbonyl (C=O) groups is 4.